The molecule has 0 fully saturated rings. The average Bonchev–Trinajstić information content (AvgIpc) is 3.13. The van der Waals surface area contributed by atoms with Crippen LogP contribution < -0.4 is 11.1 Å². The molecule has 0 saturated carbocycles. The molecule has 0 saturated heterocycles. The highest BCUT2D eigenvalue weighted by Crippen LogP contribution is 2.36. The smallest absolute Gasteiger partial charge is 0.366 e. The van der Waals surface area contributed by atoms with Crippen LogP contribution in [0.15, 0.2) is 54.6 Å². The van der Waals surface area contributed by atoms with Crippen LogP contribution in [0.4, 0.5) is 23.2 Å². The second kappa shape index (κ2) is 9.14. The van der Waals surface area contributed by atoms with E-state index in [0.717, 1.165) is 22.9 Å². The highest BCUT2D eigenvalue weighted by atomic mass is 19.4. The van der Waals surface area contributed by atoms with Crippen molar-refractivity contribution in [3.8, 4) is 6.07 Å². The van der Waals surface area contributed by atoms with Gasteiger partial charge in [0.15, 0.2) is 5.69 Å². The Balaban J connectivity index is 1.76. The monoisotopic (exact) mass is 495 g/mol. The molecule has 7 nitrogen and oxygen atoms in total. The number of nitriles is 1. The summed E-state index contributed by atoms with van der Waals surface area (Å²) >= 11 is 0. The summed E-state index contributed by atoms with van der Waals surface area (Å²) in [6.45, 7) is 1.32. The highest BCUT2D eigenvalue weighted by molar-refractivity contribution is 6.15. The van der Waals surface area contributed by atoms with Crippen molar-refractivity contribution in [2.24, 2.45) is 5.73 Å². The standard InChI is InChI=1S/C25H17F4N5O2/c1-13-21(22(25(27,28)29)33-34(13)12-15-4-2-14(11-30)3-5-15)32-24(36)20-10-17(23(31)35)8-16-9-18(26)6-7-19(16)20/h2-10H,12H2,1H3,(H2,31,35)(H,32,36). The number of carbonyl (C=O) groups excluding carboxylic acids is 2. The molecule has 11 heteroatoms. The van der Waals surface area contributed by atoms with Crippen molar-refractivity contribution in [1.82, 2.24) is 9.78 Å². The minimum atomic E-state index is -4.89. The molecule has 0 atom stereocenters. The first-order valence-electron chi connectivity index (χ1n) is 10.5. The largest absolute Gasteiger partial charge is 0.437 e. The Bertz CT molecular complexity index is 1550. The third kappa shape index (κ3) is 4.74. The van der Waals surface area contributed by atoms with Crippen LogP contribution in [0.25, 0.3) is 10.8 Å². The van der Waals surface area contributed by atoms with Gasteiger partial charge in [0.25, 0.3) is 5.91 Å². The fourth-order valence-corrected chi connectivity index (χ4v) is 3.76. The molecule has 0 spiro atoms. The Labute approximate surface area is 201 Å². The summed E-state index contributed by atoms with van der Waals surface area (Å²) in [7, 11) is 0. The molecule has 3 N–H and O–H groups in total. The third-order valence-corrected chi connectivity index (χ3v) is 5.57. The number of nitrogens with two attached hydrogens (primary N) is 1. The lowest BCUT2D eigenvalue weighted by Crippen LogP contribution is -2.18. The molecular formula is C25H17F4N5O2. The van der Waals surface area contributed by atoms with Crippen molar-refractivity contribution in [3.05, 3.63) is 94.1 Å². The first kappa shape index (κ1) is 24.4. The summed E-state index contributed by atoms with van der Waals surface area (Å²) in [5.41, 5.74) is 4.21. The van der Waals surface area contributed by atoms with Gasteiger partial charge in [-0.15, -0.1) is 0 Å². The number of carbonyl (C=O) groups is 2. The van der Waals surface area contributed by atoms with E-state index < -0.39 is 35.2 Å². The van der Waals surface area contributed by atoms with Crippen LogP contribution in [0.1, 0.15) is 43.2 Å². The SMILES string of the molecule is Cc1c(NC(=O)c2cc(C(N)=O)cc3cc(F)ccc23)c(C(F)(F)F)nn1Cc1ccc(C#N)cc1. The van der Waals surface area contributed by atoms with Gasteiger partial charge >= 0.3 is 6.18 Å². The van der Waals surface area contributed by atoms with Crippen molar-refractivity contribution in [3.63, 3.8) is 0 Å². The number of amides is 2. The van der Waals surface area contributed by atoms with Crippen molar-refractivity contribution in [1.29, 1.82) is 5.26 Å². The fourth-order valence-electron chi connectivity index (χ4n) is 3.76. The number of benzene rings is 3. The molecular weight excluding hydrogens is 478 g/mol. The second-order valence-corrected chi connectivity index (χ2v) is 7.98. The first-order chi connectivity index (χ1) is 17.0. The predicted octanol–water partition coefficient (Wildman–Crippen LogP) is 4.77. The maximum Gasteiger partial charge on any atom is 0.437 e. The summed E-state index contributed by atoms with van der Waals surface area (Å²) < 4.78 is 56.3. The van der Waals surface area contributed by atoms with E-state index in [2.05, 4.69) is 10.4 Å². The number of aromatic nitrogens is 2. The van der Waals surface area contributed by atoms with Crippen LogP contribution in [-0.4, -0.2) is 21.6 Å². The van der Waals surface area contributed by atoms with Gasteiger partial charge in [-0.05, 0) is 59.7 Å². The zero-order valence-electron chi connectivity index (χ0n) is 18.7. The lowest BCUT2D eigenvalue weighted by atomic mass is 9.99. The van der Waals surface area contributed by atoms with Crippen LogP contribution >= 0.6 is 0 Å². The summed E-state index contributed by atoms with van der Waals surface area (Å²) in [6.07, 6.45) is -4.89. The van der Waals surface area contributed by atoms with Gasteiger partial charge in [0.2, 0.25) is 5.91 Å². The van der Waals surface area contributed by atoms with Gasteiger partial charge in [-0.2, -0.15) is 23.5 Å². The number of anilines is 1. The van der Waals surface area contributed by atoms with Gasteiger partial charge < -0.3 is 11.1 Å². The Morgan fingerprint density at radius 3 is 2.42 bits per heavy atom. The lowest BCUT2D eigenvalue weighted by Gasteiger charge is -2.12. The van der Waals surface area contributed by atoms with Gasteiger partial charge in [-0.3, -0.25) is 14.3 Å². The van der Waals surface area contributed by atoms with E-state index in [-0.39, 0.29) is 34.1 Å². The van der Waals surface area contributed by atoms with Gasteiger partial charge in [-0.25, -0.2) is 4.39 Å². The van der Waals surface area contributed by atoms with Crippen LogP contribution in [0.2, 0.25) is 0 Å². The van der Waals surface area contributed by atoms with Crippen molar-refractivity contribution in [2.45, 2.75) is 19.6 Å². The molecule has 0 aliphatic rings. The fraction of sp³-hybridized carbons (Fsp3) is 0.120. The number of primary amides is 1. The van der Waals surface area contributed by atoms with E-state index in [9.17, 15) is 27.2 Å². The van der Waals surface area contributed by atoms with E-state index in [0.29, 0.717) is 11.1 Å². The average molecular weight is 495 g/mol. The van der Waals surface area contributed by atoms with Gasteiger partial charge in [0.05, 0.1) is 29.6 Å². The number of fused-ring (bicyclic) bond motifs is 1. The topological polar surface area (TPSA) is 114 Å². The van der Waals surface area contributed by atoms with E-state index in [4.69, 9.17) is 11.0 Å². The van der Waals surface area contributed by atoms with E-state index in [1.807, 2.05) is 6.07 Å². The van der Waals surface area contributed by atoms with Gasteiger partial charge in [-0.1, -0.05) is 18.2 Å². The molecule has 0 aliphatic carbocycles. The first-order valence-corrected chi connectivity index (χ1v) is 10.5. The molecule has 4 rings (SSSR count). The summed E-state index contributed by atoms with van der Waals surface area (Å²) in [5.74, 6) is -2.48. The summed E-state index contributed by atoms with van der Waals surface area (Å²) in [4.78, 5) is 24.9. The Hall–Kier alpha value is -4.72. The minimum Gasteiger partial charge on any atom is -0.366 e. The molecule has 4 aromatic rings. The van der Waals surface area contributed by atoms with E-state index in [1.54, 1.807) is 12.1 Å². The number of halogens is 4. The van der Waals surface area contributed by atoms with E-state index >= 15 is 0 Å². The molecule has 0 bridgehead atoms. The summed E-state index contributed by atoms with van der Waals surface area (Å²) in [6, 6.07) is 14.1. The third-order valence-electron chi connectivity index (χ3n) is 5.57. The number of hydrogen-bond donors (Lipinski definition) is 2. The summed E-state index contributed by atoms with van der Waals surface area (Å²) in [5, 5.41) is 15.3. The van der Waals surface area contributed by atoms with Crippen LogP contribution in [-0.2, 0) is 12.7 Å². The molecule has 36 heavy (non-hydrogen) atoms. The quantitative estimate of drug-likeness (QED) is 0.388. The molecule has 3 aromatic carbocycles. The number of nitrogens with zero attached hydrogens (tertiary/aromatic N) is 3. The predicted molar refractivity (Wildman–Crippen MR) is 123 cm³/mol. The number of nitrogens with one attached hydrogen (secondary N) is 1. The number of rotatable bonds is 5. The maximum absolute atomic E-state index is 13.8. The molecule has 1 aromatic heterocycles. The second-order valence-electron chi connectivity index (χ2n) is 7.98. The van der Waals surface area contributed by atoms with Crippen LogP contribution in [0.5, 0.6) is 0 Å². The molecule has 0 aliphatic heterocycles. The lowest BCUT2D eigenvalue weighted by molar-refractivity contribution is -0.140. The van der Waals surface area contributed by atoms with Crippen molar-refractivity contribution >= 4 is 28.3 Å². The van der Waals surface area contributed by atoms with Crippen LogP contribution in [0.3, 0.4) is 0 Å². The maximum atomic E-state index is 13.8. The number of hydrogen-bond acceptors (Lipinski definition) is 4. The Morgan fingerprint density at radius 1 is 1.11 bits per heavy atom. The molecule has 2 amide bonds. The van der Waals surface area contributed by atoms with Gasteiger partial charge in [0.1, 0.15) is 5.82 Å². The molecule has 182 valence electrons. The normalized spacial score (nSPS) is 11.3. The van der Waals surface area contributed by atoms with Crippen molar-refractivity contribution in [2.75, 3.05) is 5.32 Å². The van der Waals surface area contributed by atoms with E-state index in [1.165, 1.54) is 31.2 Å². The zero-order valence-corrected chi connectivity index (χ0v) is 18.7. The Morgan fingerprint density at radius 2 is 1.81 bits per heavy atom. The number of alkyl halides is 3. The zero-order chi connectivity index (χ0) is 26.2. The molecule has 0 radical (unpaired) electrons. The van der Waals surface area contributed by atoms with Gasteiger partial charge in [0, 0.05) is 11.1 Å². The molecule has 0 unspecified atom stereocenters. The minimum absolute atomic E-state index is 0.0291. The highest BCUT2D eigenvalue weighted by Gasteiger charge is 2.39. The molecule has 1 heterocycles. The van der Waals surface area contributed by atoms with Crippen molar-refractivity contribution < 1.29 is 27.2 Å². The van der Waals surface area contributed by atoms with Crippen LogP contribution in [0, 0.1) is 24.1 Å². The Kier molecular flexibility index (Phi) is 6.20.